The van der Waals surface area contributed by atoms with Gasteiger partial charge in [0.25, 0.3) is 0 Å². The zero-order valence-electron chi connectivity index (χ0n) is 14.6. The summed E-state index contributed by atoms with van der Waals surface area (Å²) in [6, 6.07) is 3.82. The van der Waals surface area contributed by atoms with Crippen molar-refractivity contribution < 1.29 is 17.9 Å². The summed E-state index contributed by atoms with van der Waals surface area (Å²) in [5.41, 5.74) is 0.0169. The van der Waals surface area contributed by atoms with Gasteiger partial charge in [0.15, 0.2) is 5.96 Å². The Morgan fingerprint density at radius 2 is 2.15 bits per heavy atom. The van der Waals surface area contributed by atoms with Gasteiger partial charge in [-0.1, -0.05) is 13.0 Å². The van der Waals surface area contributed by atoms with Gasteiger partial charge in [-0.15, -0.1) is 11.3 Å². The number of ether oxygens (including phenoxy) is 1. The summed E-state index contributed by atoms with van der Waals surface area (Å²) in [7, 11) is 1.58. The molecule has 0 fully saturated rings. The molecule has 0 saturated heterocycles. The van der Waals surface area contributed by atoms with Crippen LogP contribution in [0.15, 0.2) is 29.4 Å². The highest BCUT2D eigenvalue weighted by Gasteiger charge is 2.14. The Kier molecular flexibility index (Phi) is 7.71. The second-order valence-electron chi connectivity index (χ2n) is 5.27. The number of hydrogen-bond acceptors (Lipinski definition) is 4. The average molecular weight is 386 g/mol. The minimum absolute atomic E-state index is 0.0169. The highest BCUT2D eigenvalue weighted by atomic mass is 32.1. The number of aryl methyl sites for hydroxylation is 1. The Morgan fingerprint density at radius 3 is 2.81 bits per heavy atom. The Hall–Kier alpha value is -2.29. The molecular weight excluding hydrogens is 365 g/mol. The number of thiazole rings is 1. The quantitative estimate of drug-likeness (QED) is 0.540. The predicted octanol–water partition coefficient (Wildman–Crippen LogP) is 3.35. The first-order chi connectivity index (χ1) is 12.5. The Bertz CT molecular complexity index is 737. The zero-order valence-corrected chi connectivity index (χ0v) is 15.4. The molecule has 9 heteroatoms. The molecule has 2 N–H and O–H groups in total. The minimum atomic E-state index is -3.01. The van der Waals surface area contributed by atoms with Crippen LogP contribution < -0.4 is 15.4 Å². The zero-order chi connectivity index (χ0) is 18.9. The lowest BCUT2D eigenvalue weighted by Crippen LogP contribution is -2.38. The van der Waals surface area contributed by atoms with E-state index >= 15 is 0 Å². The lowest BCUT2D eigenvalue weighted by molar-refractivity contribution is -0.0506. The molecule has 0 atom stereocenters. The first-order valence-corrected chi connectivity index (χ1v) is 8.95. The van der Waals surface area contributed by atoms with E-state index in [9.17, 15) is 13.2 Å². The number of nitrogens with one attached hydrogen (secondary N) is 2. The molecule has 0 amide bonds. The molecule has 0 unspecified atom stereocenters. The van der Waals surface area contributed by atoms with Crippen molar-refractivity contribution in [2.45, 2.75) is 32.9 Å². The molecule has 0 aliphatic heterocycles. The molecule has 0 saturated carbocycles. The summed E-state index contributed by atoms with van der Waals surface area (Å²) in [6.45, 7) is -0.380. The first kappa shape index (κ1) is 20.0. The van der Waals surface area contributed by atoms with E-state index in [1.54, 1.807) is 18.4 Å². The molecule has 2 rings (SSSR count). The minimum Gasteiger partial charge on any atom is -0.434 e. The van der Waals surface area contributed by atoms with Gasteiger partial charge in [-0.25, -0.2) is 9.37 Å². The van der Waals surface area contributed by atoms with Crippen LogP contribution >= 0.6 is 11.3 Å². The number of aromatic nitrogens is 1. The summed E-state index contributed by atoms with van der Waals surface area (Å²) in [4.78, 5) is 9.61. The number of halogens is 3. The molecule has 26 heavy (non-hydrogen) atoms. The van der Waals surface area contributed by atoms with Crippen LogP contribution in [0.5, 0.6) is 5.75 Å². The molecule has 1 aromatic heterocycles. The van der Waals surface area contributed by atoms with Crippen LogP contribution in [-0.4, -0.2) is 31.1 Å². The van der Waals surface area contributed by atoms with Gasteiger partial charge < -0.3 is 15.4 Å². The maximum atomic E-state index is 13.9. The third kappa shape index (κ3) is 5.91. The maximum Gasteiger partial charge on any atom is 0.387 e. The summed E-state index contributed by atoms with van der Waals surface area (Å²) in [6.07, 6.45) is 3.56. The SMILES string of the molecule is CCc1cnc(CCNC(=NC)NCc2c(F)cccc2OC(F)F)s1. The predicted molar refractivity (Wildman–Crippen MR) is 96.4 cm³/mol. The molecular formula is C17H21F3N4OS. The summed E-state index contributed by atoms with van der Waals surface area (Å²) >= 11 is 1.66. The van der Waals surface area contributed by atoms with E-state index in [1.807, 2.05) is 6.20 Å². The lowest BCUT2D eigenvalue weighted by atomic mass is 10.2. The second-order valence-corrected chi connectivity index (χ2v) is 6.47. The molecule has 0 aliphatic carbocycles. The van der Waals surface area contributed by atoms with Gasteiger partial charge in [0.1, 0.15) is 11.6 Å². The van der Waals surface area contributed by atoms with Crippen molar-refractivity contribution in [1.29, 1.82) is 0 Å². The number of rotatable bonds is 8. The number of alkyl halides is 2. The van der Waals surface area contributed by atoms with E-state index < -0.39 is 12.4 Å². The van der Waals surface area contributed by atoms with E-state index in [2.05, 4.69) is 32.3 Å². The molecule has 142 valence electrons. The summed E-state index contributed by atoms with van der Waals surface area (Å²) < 4.78 is 43.2. The van der Waals surface area contributed by atoms with Gasteiger partial charge in [0.05, 0.1) is 5.01 Å². The van der Waals surface area contributed by atoms with Gasteiger partial charge >= 0.3 is 6.61 Å². The van der Waals surface area contributed by atoms with Crippen LogP contribution in [0.4, 0.5) is 13.2 Å². The van der Waals surface area contributed by atoms with Gasteiger partial charge in [0.2, 0.25) is 0 Å². The monoisotopic (exact) mass is 386 g/mol. The van der Waals surface area contributed by atoms with Crippen LogP contribution in [0.1, 0.15) is 22.4 Å². The Balaban J connectivity index is 1.88. The van der Waals surface area contributed by atoms with Crippen LogP contribution in [0, 0.1) is 5.82 Å². The Labute approximate surface area is 154 Å². The van der Waals surface area contributed by atoms with E-state index in [1.165, 1.54) is 23.1 Å². The first-order valence-electron chi connectivity index (χ1n) is 8.13. The molecule has 2 aromatic rings. The lowest BCUT2D eigenvalue weighted by Gasteiger charge is -2.15. The fourth-order valence-corrected chi connectivity index (χ4v) is 3.09. The van der Waals surface area contributed by atoms with Crippen molar-refractivity contribution in [1.82, 2.24) is 15.6 Å². The van der Waals surface area contributed by atoms with Crippen molar-refractivity contribution in [2.24, 2.45) is 4.99 Å². The topological polar surface area (TPSA) is 58.5 Å². The number of guanidine groups is 1. The van der Waals surface area contributed by atoms with Gasteiger partial charge in [-0.2, -0.15) is 8.78 Å². The molecule has 0 bridgehead atoms. The molecule has 1 aromatic carbocycles. The fraction of sp³-hybridized carbons (Fsp3) is 0.412. The molecule has 1 heterocycles. The van der Waals surface area contributed by atoms with Crippen LogP contribution in [-0.2, 0) is 19.4 Å². The fourth-order valence-electron chi connectivity index (χ4n) is 2.22. The van der Waals surface area contributed by atoms with Crippen molar-refractivity contribution in [3.8, 4) is 5.75 Å². The number of nitrogens with zero attached hydrogens (tertiary/aromatic N) is 2. The third-order valence-corrected chi connectivity index (χ3v) is 4.73. The molecule has 5 nitrogen and oxygen atoms in total. The maximum absolute atomic E-state index is 13.9. The average Bonchev–Trinajstić information content (AvgIpc) is 3.07. The van der Waals surface area contributed by atoms with Crippen molar-refractivity contribution in [3.05, 3.63) is 45.7 Å². The standard InChI is InChI=1S/C17H21F3N4OS/c1-3-11-9-23-15(26-11)7-8-22-17(21-2)24-10-12-13(18)5-4-6-14(12)25-16(19)20/h4-6,9,16H,3,7-8,10H2,1-2H3,(H2,21,22,24). The van der Waals surface area contributed by atoms with Crippen molar-refractivity contribution in [2.75, 3.05) is 13.6 Å². The number of hydrogen-bond donors (Lipinski definition) is 2. The van der Waals surface area contributed by atoms with Gasteiger partial charge in [-0.05, 0) is 18.6 Å². The highest BCUT2D eigenvalue weighted by molar-refractivity contribution is 7.11. The highest BCUT2D eigenvalue weighted by Crippen LogP contribution is 2.23. The van der Waals surface area contributed by atoms with Crippen molar-refractivity contribution in [3.63, 3.8) is 0 Å². The van der Waals surface area contributed by atoms with Crippen LogP contribution in [0.2, 0.25) is 0 Å². The van der Waals surface area contributed by atoms with Gasteiger partial charge in [-0.3, -0.25) is 4.99 Å². The molecule has 0 spiro atoms. The summed E-state index contributed by atoms with van der Waals surface area (Å²) in [5.74, 6) is -0.387. The van der Waals surface area contributed by atoms with Gasteiger partial charge in [0, 0.05) is 43.2 Å². The van der Waals surface area contributed by atoms with Crippen LogP contribution in [0.3, 0.4) is 0 Å². The van der Waals surface area contributed by atoms with Crippen molar-refractivity contribution >= 4 is 17.3 Å². The Morgan fingerprint density at radius 1 is 1.35 bits per heavy atom. The normalized spacial score (nSPS) is 11.7. The summed E-state index contributed by atoms with van der Waals surface area (Å²) in [5, 5.41) is 7.01. The van der Waals surface area contributed by atoms with E-state index in [0.717, 1.165) is 17.8 Å². The van der Waals surface area contributed by atoms with E-state index in [4.69, 9.17) is 0 Å². The molecule has 0 radical (unpaired) electrons. The second kappa shape index (κ2) is 10.0. The molecule has 0 aliphatic rings. The van der Waals surface area contributed by atoms with E-state index in [0.29, 0.717) is 12.5 Å². The third-order valence-electron chi connectivity index (χ3n) is 3.53. The van der Waals surface area contributed by atoms with Crippen LogP contribution in [0.25, 0.3) is 0 Å². The number of aliphatic imine (C=N–C) groups is 1. The van der Waals surface area contributed by atoms with E-state index in [-0.39, 0.29) is 17.9 Å². The smallest absolute Gasteiger partial charge is 0.387 e. The number of benzene rings is 1. The largest absolute Gasteiger partial charge is 0.434 e.